The molecule has 0 aromatic carbocycles. The van der Waals surface area contributed by atoms with Crippen LogP contribution in [0.3, 0.4) is 0 Å². The molecule has 0 aromatic heterocycles. The minimum atomic E-state index is -0.981. The summed E-state index contributed by atoms with van der Waals surface area (Å²) in [6, 6.07) is 0. The first-order valence-corrected chi connectivity index (χ1v) is 10.8. The summed E-state index contributed by atoms with van der Waals surface area (Å²) < 4.78 is 3.74. The summed E-state index contributed by atoms with van der Waals surface area (Å²) >= 11 is 0. The van der Waals surface area contributed by atoms with Crippen molar-refractivity contribution in [2.24, 2.45) is 11.7 Å². The Bertz CT molecular complexity index is 81.0. The molecular formula is C6H23N3Si2. The highest BCUT2D eigenvalue weighted by Gasteiger charge is 2.22. The van der Waals surface area contributed by atoms with Gasteiger partial charge in [0.25, 0.3) is 0 Å². The third-order valence-electron chi connectivity index (χ3n) is 0.750. The fraction of sp³-hybridized carbons (Fsp3) is 1.00. The minimum absolute atomic E-state index is 0.981. The molecule has 0 radical (unpaired) electrons. The van der Waals surface area contributed by atoms with Crippen LogP contribution in [-0.4, -0.2) is 16.5 Å². The Morgan fingerprint density at radius 2 is 0.909 bits per heavy atom. The molecule has 0 bridgehead atoms. The Morgan fingerprint density at radius 3 is 0.909 bits per heavy atom. The Labute approximate surface area is 72.7 Å². The second-order valence-electron chi connectivity index (χ2n) is 4.62. The standard InChI is InChI=1S/C6H19NSi2.H4N2/c1-8(2,3)7-9(4,5)6;1-2/h7H,1-6H3;1-2H2. The number of rotatable bonds is 2. The van der Waals surface area contributed by atoms with Crippen molar-refractivity contribution in [3.63, 3.8) is 0 Å². The van der Waals surface area contributed by atoms with Crippen molar-refractivity contribution in [3.05, 3.63) is 0 Å². The van der Waals surface area contributed by atoms with Crippen LogP contribution in [0.2, 0.25) is 39.3 Å². The van der Waals surface area contributed by atoms with Crippen LogP contribution in [0, 0.1) is 0 Å². The van der Waals surface area contributed by atoms with Crippen LogP contribution in [0.5, 0.6) is 0 Å². The topological polar surface area (TPSA) is 64.1 Å². The second-order valence-corrected chi connectivity index (χ2v) is 14.6. The maximum atomic E-state index is 4.00. The van der Waals surface area contributed by atoms with Gasteiger partial charge >= 0.3 is 0 Å². The van der Waals surface area contributed by atoms with Crippen LogP contribution < -0.4 is 16.3 Å². The lowest BCUT2D eigenvalue weighted by Gasteiger charge is -2.28. The molecule has 0 fully saturated rings. The zero-order valence-corrected chi connectivity index (χ0v) is 10.7. The lowest BCUT2D eigenvalue weighted by atomic mass is 11.8. The third kappa shape index (κ3) is 17.9. The smallest absolute Gasteiger partial charge is 0.109 e. The van der Waals surface area contributed by atoms with Gasteiger partial charge in [0.1, 0.15) is 16.5 Å². The molecule has 0 saturated heterocycles. The van der Waals surface area contributed by atoms with E-state index in [4.69, 9.17) is 0 Å². The number of hydrogen-bond donors (Lipinski definition) is 3. The monoisotopic (exact) mass is 193 g/mol. The van der Waals surface area contributed by atoms with Crippen LogP contribution in [0.15, 0.2) is 0 Å². The molecule has 0 amide bonds. The van der Waals surface area contributed by atoms with Gasteiger partial charge in [-0.2, -0.15) is 0 Å². The van der Waals surface area contributed by atoms with E-state index in [1.54, 1.807) is 0 Å². The highest BCUT2D eigenvalue weighted by Crippen LogP contribution is 2.02. The molecule has 0 atom stereocenters. The normalized spacial score (nSPS) is 12.0. The van der Waals surface area contributed by atoms with Crippen molar-refractivity contribution >= 4 is 16.5 Å². The quantitative estimate of drug-likeness (QED) is 0.349. The molecule has 0 unspecified atom stereocenters. The number of nitrogens with two attached hydrogens (primary N) is 2. The Morgan fingerprint density at radius 1 is 0.727 bits per heavy atom. The SMILES string of the molecule is C[Si](C)(C)N[Si](C)(C)C.NN. The number of hydrazine groups is 1. The van der Waals surface area contributed by atoms with E-state index in [0.717, 1.165) is 0 Å². The summed E-state index contributed by atoms with van der Waals surface area (Å²) in [5, 5.41) is 0. The van der Waals surface area contributed by atoms with Crippen LogP contribution >= 0.6 is 0 Å². The summed E-state index contributed by atoms with van der Waals surface area (Å²) in [4.78, 5) is 0. The van der Waals surface area contributed by atoms with Gasteiger partial charge in [0.15, 0.2) is 0 Å². The van der Waals surface area contributed by atoms with Crippen molar-refractivity contribution in [2.45, 2.75) is 39.3 Å². The van der Waals surface area contributed by atoms with Crippen LogP contribution in [0.1, 0.15) is 0 Å². The average Bonchev–Trinajstić information content (AvgIpc) is 1.60. The van der Waals surface area contributed by atoms with Crippen molar-refractivity contribution in [2.75, 3.05) is 0 Å². The molecule has 0 aliphatic carbocycles. The Kier molecular flexibility index (Phi) is 6.37. The van der Waals surface area contributed by atoms with E-state index in [1.807, 2.05) is 0 Å². The maximum absolute atomic E-state index is 4.00. The summed E-state index contributed by atoms with van der Waals surface area (Å²) in [6.07, 6.45) is 0. The molecule has 0 rings (SSSR count). The van der Waals surface area contributed by atoms with Crippen LogP contribution in [0.25, 0.3) is 0 Å². The van der Waals surface area contributed by atoms with Gasteiger partial charge in [-0.3, -0.25) is 11.7 Å². The van der Waals surface area contributed by atoms with Crippen molar-refractivity contribution in [1.82, 2.24) is 4.65 Å². The first kappa shape index (κ1) is 13.9. The van der Waals surface area contributed by atoms with Crippen LogP contribution in [-0.2, 0) is 0 Å². The fourth-order valence-electron chi connectivity index (χ4n) is 1.12. The van der Waals surface area contributed by atoms with E-state index >= 15 is 0 Å². The van der Waals surface area contributed by atoms with Gasteiger partial charge in [0, 0.05) is 0 Å². The summed E-state index contributed by atoms with van der Waals surface area (Å²) in [5.74, 6) is 8.00. The molecule has 0 aliphatic heterocycles. The third-order valence-corrected chi connectivity index (χ3v) is 6.75. The summed E-state index contributed by atoms with van der Waals surface area (Å²) in [5.41, 5.74) is 0. The first-order chi connectivity index (χ1) is 4.71. The van der Waals surface area contributed by atoms with Gasteiger partial charge in [-0.15, -0.1) is 0 Å². The molecule has 5 N–H and O–H groups in total. The van der Waals surface area contributed by atoms with E-state index in [9.17, 15) is 0 Å². The zero-order chi connectivity index (χ0) is 9.71. The highest BCUT2D eigenvalue weighted by molar-refractivity contribution is 6.90. The molecular weight excluding hydrogens is 170 g/mol. The molecule has 0 aromatic rings. The molecule has 0 aliphatic rings. The van der Waals surface area contributed by atoms with Gasteiger partial charge in [0.2, 0.25) is 0 Å². The average molecular weight is 193 g/mol. The van der Waals surface area contributed by atoms with Crippen molar-refractivity contribution in [3.8, 4) is 0 Å². The van der Waals surface area contributed by atoms with Crippen molar-refractivity contribution in [1.29, 1.82) is 0 Å². The van der Waals surface area contributed by atoms with E-state index in [0.29, 0.717) is 0 Å². The predicted octanol–water partition coefficient (Wildman–Crippen LogP) is 1.06. The van der Waals surface area contributed by atoms with E-state index in [-0.39, 0.29) is 0 Å². The van der Waals surface area contributed by atoms with Gasteiger partial charge < -0.3 is 4.65 Å². The molecule has 0 saturated carbocycles. The predicted molar refractivity (Wildman–Crippen MR) is 58.2 cm³/mol. The zero-order valence-electron chi connectivity index (χ0n) is 8.65. The molecule has 0 spiro atoms. The first-order valence-electron chi connectivity index (χ1n) is 3.83. The molecule has 5 heteroatoms. The lowest BCUT2D eigenvalue weighted by molar-refractivity contribution is 1.26. The van der Waals surface area contributed by atoms with E-state index < -0.39 is 16.5 Å². The molecule has 11 heavy (non-hydrogen) atoms. The Balaban J connectivity index is 0. The second kappa shape index (κ2) is 5.05. The van der Waals surface area contributed by atoms with Crippen molar-refractivity contribution < 1.29 is 0 Å². The number of nitrogens with one attached hydrogen (secondary N) is 1. The van der Waals surface area contributed by atoms with Crippen LogP contribution in [0.4, 0.5) is 0 Å². The van der Waals surface area contributed by atoms with Gasteiger partial charge in [-0.05, 0) is 0 Å². The fourth-order valence-corrected chi connectivity index (χ4v) is 10.1. The van der Waals surface area contributed by atoms with Gasteiger partial charge in [-0.1, -0.05) is 39.3 Å². The molecule has 70 valence electrons. The summed E-state index contributed by atoms with van der Waals surface area (Å²) in [7, 11) is -1.96. The number of hydrogen-bond acceptors (Lipinski definition) is 3. The van der Waals surface area contributed by atoms with E-state index in [2.05, 4.69) is 55.6 Å². The highest BCUT2D eigenvalue weighted by atomic mass is 28.4. The van der Waals surface area contributed by atoms with E-state index in [1.165, 1.54) is 0 Å². The largest absolute Gasteiger partial charge is 0.360 e. The maximum Gasteiger partial charge on any atom is 0.109 e. The molecule has 0 heterocycles. The minimum Gasteiger partial charge on any atom is -0.360 e. The summed E-state index contributed by atoms with van der Waals surface area (Å²) in [6.45, 7) is 14.1. The van der Waals surface area contributed by atoms with Gasteiger partial charge in [-0.25, -0.2) is 0 Å². The van der Waals surface area contributed by atoms with Gasteiger partial charge in [0.05, 0.1) is 0 Å². The molecule has 3 nitrogen and oxygen atoms in total. The lowest BCUT2D eigenvalue weighted by Crippen LogP contribution is -2.55. The Hall–Kier alpha value is 0.314.